The summed E-state index contributed by atoms with van der Waals surface area (Å²) < 4.78 is 0. The standard InChI is InChI=1S/C18H22N2O/c1-3-15-6-4-5-7-16(15)12-19-13-18(21)20-17-10-8-14(2)9-11-17/h4-11,19H,3,12-13H2,1-2H3,(H,20,21). The van der Waals surface area contributed by atoms with Crippen LogP contribution < -0.4 is 10.6 Å². The number of anilines is 1. The lowest BCUT2D eigenvalue weighted by molar-refractivity contribution is -0.115. The molecule has 2 N–H and O–H groups in total. The van der Waals surface area contributed by atoms with E-state index in [2.05, 4.69) is 29.7 Å². The van der Waals surface area contributed by atoms with E-state index < -0.39 is 0 Å². The van der Waals surface area contributed by atoms with E-state index in [0.29, 0.717) is 13.1 Å². The van der Waals surface area contributed by atoms with E-state index in [4.69, 9.17) is 0 Å². The highest BCUT2D eigenvalue weighted by molar-refractivity contribution is 5.92. The molecule has 2 rings (SSSR count). The van der Waals surface area contributed by atoms with Crippen LogP contribution in [0.4, 0.5) is 5.69 Å². The van der Waals surface area contributed by atoms with E-state index in [0.717, 1.165) is 12.1 Å². The Labute approximate surface area is 126 Å². The number of aryl methyl sites for hydroxylation is 2. The third-order valence-electron chi connectivity index (χ3n) is 3.44. The summed E-state index contributed by atoms with van der Waals surface area (Å²) in [6.45, 7) is 5.19. The lowest BCUT2D eigenvalue weighted by atomic mass is 10.1. The van der Waals surface area contributed by atoms with Gasteiger partial charge in [-0.3, -0.25) is 4.79 Å². The quantitative estimate of drug-likeness (QED) is 0.853. The molecule has 0 bridgehead atoms. The molecule has 0 fully saturated rings. The van der Waals surface area contributed by atoms with Crippen molar-refractivity contribution >= 4 is 11.6 Å². The van der Waals surface area contributed by atoms with Crippen LogP contribution in [0.15, 0.2) is 48.5 Å². The van der Waals surface area contributed by atoms with Gasteiger partial charge in [-0.2, -0.15) is 0 Å². The number of hydrogen-bond acceptors (Lipinski definition) is 2. The molecule has 21 heavy (non-hydrogen) atoms. The molecule has 0 saturated heterocycles. The fourth-order valence-corrected chi connectivity index (χ4v) is 2.23. The van der Waals surface area contributed by atoms with Crippen molar-refractivity contribution in [1.82, 2.24) is 5.32 Å². The summed E-state index contributed by atoms with van der Waals surface area (Å²) in [5.41, 5.74) is 4.59. The SMILES string of the molecule is CCc1ccccc1CNCC(=O)Nc1ccc(C)cc1. The minimum absolute atomic E-state index is 0.0205. The number of benzene rings is 2. The van der Waals surface area contributed by atoms with Crippen LogP contribution in [0.5, 0.6) is 0 Å². The highest BCUT2D eigenvalue weighted by Gasteiger charge is 2.03. The molecule has 0 aliphatic heterocycles. The van der Waals surface area contributed by atoms with Crippen molar-refractivity contribution in [1.29, 1.82) is 0 Å². The normalized spacial score (nSPS) is 10.4. The van der Waals surface area contributed by atoms with Crippen molar-refractivity contribution in [3.05, 3.63) is 65.2 Å². The predicted molar refractivity (Wildman–Crippen MR) is 87.3 cm³/mol. The number of nitrogens with one attached hydrogen (secondary N) is 2. The molecule has 110 valence electrons. The van der Waals surface area contributed by atoms with Crippen LogP contribution in [0.25, 0.3) is 0 Å². The lowest BCUT2D eigenvalue weighted by Gasteiger charge is -2.10. The average molecular weight is 282 g/mol. The molecule has 0 heterocycles. The summed E-state index contributed by atoms with van der Waals surface area (Å²) in [6.07, 6.45) is 1.01. The smallest absolute Gasteiger partial charge is 0.238 e. The topological polar surface area (TPSA) is 41.1 Å². The van der Waals surface area contributed by atoms with Gasteiger partial charge in [0.25, 0.3) is 0 Å². The number of carbonyl (C=O) groups is 1. The predicted octanol–water partition coefficient (Wildman–Crippen LogP) is 3.29. The minimum atomic E-state index is -0.0205. The Morgan fingerprint density at radius 1 is 1.00 bits per heavy atom. The maximum absolute atomic E-state index is 11.9. The first kappa shape index (κ1) is 15.3. The van der Waals surface area contributed by atoms with Gasteiger partial charge in [-0.25, -0.2) is 0 Å². The van der Waals surface area contributed by atoms with Gasteiger partial charge in [0.1, 0.15) is 0 Å². The number of rotatable bonds is 6. The van der Waals surface area contributed by atoms with Crippen molar-refractivity contribution in [2.45, 2.75) is 26.8 Å². The van der Waals surface area contributed by atoms with Crippen LogP contribution in [0, 0.1) is 6.92 Å². The van der Waals surface area contributed by atoms with E-state index in [9.17, 15) is 4.79 Å². The molecule has 0 radical (unpaired) electrons. The second kappa shape index (κ2) is 7.60. The fourth-order valence-electron chi connectivity index (χ4n) is 2.23. The van der Waals surface area contributed by atoms with Gasteiger partial charge in [-0.05, 0) is 36.6 Å². The molecule has 3 heteroatoms. The summed E-state index contributed by atoms with van der Waals surface area (Å²) in [6, 6.07) is 16.1. The first-order valence-electron chi connectivity index (χ1n) is 7.33. The molecule has 0 atom stereocenters. The second-order valence-electron chi connectivity index (χ2n) is 5.14. The molecule has 2 aromatic rings. The van der Waals surface area contributed by atoms with Gasteiger partial charge in [0.2, 0.25) is 5.91 Å². The average Bonchev–Trinajstić information content (AvgIpc) is 2.50. The van der Waals surface area contributed by atoms with Crippen molar-refractivity contribution in [2.24, 2.45) is 0 Å². The number of amides is 1. The minimum Gasteiger partial charge on any atom is -0.325 e. The third kappa shape index (κ3) is 4.72. The highest BCUT2D eigenvalue weighted by atomic mass is 16.1. The molecule has 0 aliphatic carbocycles. The molecular weight excluding hydrogens is 260 g/mol. The van der Waals surface area contributed by atoms with Crippen molar-refractivity contribution in [3.8, 4) is 0 Å². The molecule has 0 aliphatic rings. The highest BCUT2D eigenvalue weighted by Crippen LogP contribution is 2.09. The first-order chi connectivity index (χ1) is 10.2. The fraction of sp³-hybridized carbons (Fsp3) is 0.278. The van der Waals surface area contributed by atoms with E-state index in [1.807, 2.05) is 43.3 Å². The van der Waals surface area contributed by atoms with Crippen LogP contribution in [0.2, 0.25) is 0 Å². The van der Waals surface area contributed by atoms with Gasteiger partial charge < -0.3 is 10.6 Å². The summed E-state index contributed by atoms with van der Waals surface area (Å²) in [5.74, 6) is -0.0205. The van der Waals surface area contributed by atoms with Crippen LogP contribution in [-0.4, -0.2) is 12.5 Å². The van der Waals surface area contributed by atoms with Gasteiger partial charge in [0.05, 0.1) is 6.54 Å². The van der Waals surface area contributed by atoms with Crippen molar-refractivity contribution in [2.75, 3.05) is 11.9 Å². The van der Waals surface area contributed by atoms with Crippen LogP contribution >= 0.6 is 0 Å². The Balaban J connectivity index is 1.80. The van der Waals surface area contributed by atoms with Gasteiger partial charge in [0, 0.05) is 12.2 Å². The van der Waals surface area contributed by atoms with Gasteiger partial charge in [-0.15, -0.1) is 0 Å². The van der Waals surface area contributed by atoms with E-state index >= 15 is 0 Å². The summed E-state index contributed by atoms with van der Waals surface area (Å²) in [4.78, 5) is 11.9. The van der Waals surface area contributed by atoms with Crippen LogP contribution in [-0.2, 0) is 17.8 Å². The van der Waals surface area contributed by atoms with Crippen molar-refractivity contribution < 1.29 is 4.79 Å². The first-order valence-corrected chi connectivity index (χ1v) is 7.33. The molecule has 0 saturated carbocycles. The second-order valence-corrected chi connectivity index (χ2v) is 5.14. The Hall–Kier alpha value is -2.13. The van der Waals surface area contributed by atoms with Gasteiger partial charge >= 0.3 is 0 Å². The Morgan fingerprint density at radius 2 is 1.67 bits per heavy atom. The van der Waals surface area contributed by atoms with Gasteiger partial charge in [0.15, 0.2) is 0 Å². The zero-order chi connectivity index (χ0) is 15.1. The summed E-state index contributed by atoms with van der Waals surface area (Å²) in [5, 5.41) is 6.08. The number of hydrogen-bond donors (Lipinski definition) is 2. The zero-order valence-corrected chi connectivity index (χ0v) is 12.6. The summed E-state index contributed by atoms with van der Waals surface area (Å²) >= 11 is 0. The monoisotopic (exact) mass is 282 g/mol. The lowest BCUT2D eigenvalue weighted by Crippen LogP contribution is -2.28. The zero-order valence-electron chi connectivity index (χ0n) is 12.6. The Kier molecular flexibility index (Phi) is 5.52. The van der Waals surface area contributed by atoms with Crippen LogP contribution in [0.1, 0.15) is 23.6 Å². The number of carbonyl (C=O) groups excluding carboxylic acids is 1. The van der Waals surface area contributed by atoms with Crippen molar-refractivity contribution in [3.63, 3.8) is 0 Å². The molecule has 0 aromatic heterocycles. The molecule has 1 amide bonds. The largest absolute Gasteiger partial charge is 0.325 e. The summed E-state index contributed by atoms with van der Waals surface area (Å²) in [7, 11) is 0. The van der Waals surface area contributed by atoms with E-state index in [1.165, 1.54) is 16.7 Å². The molecule has 3 nitrogen and oxygen atoms in total. The Morgan fingerprint density at radius 3 is 2.33 bits per heavy atom. The molecule has 2 aromatic carbocycles. The maximum atomic E-state index is 11.9. The third-order valence-corrected chi connectivity index (χ3v) is 3.44. The van der Waals surface area contributed by atoms with Crippen LogP contribution in [0.3, 0.4) is 0 Å². The van der Waals surface area contributed by atoms with E-state index in [1.54, 1.807) is 0 Å². The molecule has 0 spiro atoms. The Bertz CT molecular complexity index is 590. The maximum Gasteiger partial charge on any atom is 0.238 e. The van der Waals surface area contributed by atoms with E-state index in [-0.39, 0.29) is 5.91 Å². The molecular formula is C18H22N2O. The van der Waals surface area contributed by atoms with Gasteiger partial charge in [-0.1, -0.05) is 48.9 Å². The molecule has 0 unspecified atom stereocenters.